The number of nitrogens with one attached hydrogen (secondary N) is 1. The van der Waals surface area contributed by atoms with Crippen LogP contribution in [0.4, 0.5) is 5.69 Å². The van der Waals surface area contributed by atoms with Crippen molar-refractivity contribution in [3.63, 3.8) is 0 Å². The summed E-state index contributed by atoms with van der Waals surface area (Å²) in [7, 11) is 0. The van der Waals surface area contributed by atoms with Crippen LogP contribution in [-0.2, 0) is 13.0 Å². The molecular formula is C22H26N4O2. The highest BCUT2D eigenvalue weighted by atomic mass is 16.5. The van der Waals surface area contributed by atoms with Crippen LogP contribution in [0.3, 0.4) is 0 Å². The van der Waals surface area contributed by atoms with Gasteiger partial charge in [-0.25, -0.2) is 4.98 Å². The van der Waals surface area contributed by atoms with Crippen molar-refractivity contribution in [1.29, 1.82) is 0 Å². The summed E-state index contributed by atoms with van der Waals surface area (Å²) >= 11 is 0. The van der Waals surface area contributed by atoms with E-state index in [1.54, 1.807) is 6.07 Å². The predicted molar refractivity (Wildman–Crippen MR) is 109 cm³/mol. The lowest BCUT2D eigenvalue weighted by molar-refractivity contribution is 0.102. The molecule has 3 aromatic rings. The third-order valence-electron chi connectivity index (χ3n) is 5.32. The van der Waals surface area contributed by atoms with Gasteiger partial charge in [0.05, 0.1) is 16.6 Å². The number of hydrogen-bond acceptors (Lipinski definition) is 5. The number of likely N-dealkylation sites (tertiary alicyclic amines) is 1. The van der Waals surface area contributed by atoms with Crippen molar-refractivity contribution in [2.45, 2.75) is 45.6 Å². The first-order chi connectivity index (χ1) is 13.7. The smallest absolute Gasteiger partial charge is 0.257 e. The van der Waals surface area contributed by atoms with Crippen molar-refractivity contribution in [3.8, 4) is 0 Å². The molecule has 6 nitrogen and oxygen atoms in total. The number of aromatic nitrogens is 2. The summed E-state index contributed by atoms with van der Waals surface area (Å²) in [4.78, 5) is 19.3. The summed E-state index contributed by atoms with van der Waals surface area (Å²) < 4.78 is 5.18. The van der Waals surface area contributed by atoms with Gasteiger partial charge >= 0.3 is 0 Å². The van der Waals surface area contributed by atoms with Crippen LogP contribution in [0.1, 0.15) is 54.2 Å². The molecule has 1 aliphatic heterocycles. The lowest BCUT2D eigenvalue weighted by atomic mass is 10.1. The summed E-state index contributed by atoms with van der Waals surface area (Å²) in [6.07, 6.45) is 7.53. The maximum atomic E-state index is 12.6. The second-order valence-corrected chi connectivity index (χ2v) is 7.40. The Hall–Kier alpha value is -2.73. The van der Waals surface area contributed by atoms with Gasteiger partial charge in [0.1, 0.15) is 0 Å². The fraction of sp³-hybridized carbons (Fsp3) is 0.409. The lowest BCUT2D eigenvalue weighted by Crippen LogP contribution is -2.23. The number of pyridine rings is 1. The van der Waals surface area contributed by atoms with Gasteiger partial charge in [-0.3, -0.25) is 9.69 Å². The first-order valence-electron chi connectivity index (χ1n) is 10.1. The molecule has 1 amide bonds. The largest absolute Gasteiger partial charge is 0.336 e. The van der Waals surface area contributed by atoms with E-state index < -0.39 is 0 Å². The highest BCUT2D eigenvalue weighted by Gasteiger charge is 2.13. The molecule has 0 aliphatic carbocycles. The Labute approximate surface area is 164 Å². The number of benzene rings is 1. The van der Waals surface area contributed by atoms with E-state index >= 15 is 0 Å². The lowest BCUT2D eigenvalue weighted by Gasteiger charge is -2.19. The predicted octanol–water partition coefficient (Wildman–Crippen LogP) is 4.41. The quantitative estimate of drug-likeness (QED) is 0.712. The molecule has 0 unspecified atom stereocenters. The molecule has 0 saturated carbocycles. The molecule has 4 rings (SSSR count). The minimum absolute atomic E-state index is 0.182. The molecule has 1 aliphatic rings. The van der Waals surface area contributed by atoms with Gasteiger partial charge in [0.15, 0.2) is 0 Å². The fourth-order valence-corrected chi connectivity index (χ4v) is 3.71. The van der Waals surface area contributed by atoms with Crippen LogP contribution in [-0.4, -0.2) is 34.0 Å². The number of amides is 1. The van der Waals surface area contributed by atoms with Crippen LogP contribution >= 0.6 is 0 Å². The topological polar surface area (TPSA) is 71.3 Å². The average Bonchev–Trinajstić information content (AvgIpc) is 2.96. The summed E-state index contributed by atoms with van der Waals surface area (Å²) in [5, 5.41) is 7.73. The van der Waals surface area contributed by atoms with Crippen LogP contribution in [0.25, 0.3) is 11.1 Å². The zero-order valence-corrected chi connectivity index (χ0v) is 16.3. The Morgan fingerprint density at radius 1 is 1.14 bits per heavy atom. The molecule has 3 heterocycles. The molecule has 1 aromatic carbocycles. The molecule has 1 saturated heterocycles. The standard InChI is InChI=1S/C22H26N4O2/c1-2-20-19-13-17(14-23-22(19)28-25-20)21(27)24-18-9-7-16(8-10-18)15-26-11-5-3-4-6-12-26/h7-10,13-14H,2-6,11-12,15H2,1H3,(H,24,27). The van der Waals surface area contributed by atoms with E-state index in [1.807, 2.05) is 19.1 Å². The van der Waals surface area contributed by atoms with Crippen LogP contribution in [0.15, 0.2) is 41.1 Å². The Morgan fingerprint density at radius 2 is 1.89 bits per heavy atom. The number of aryl methyl sites for hydroxylation is 1. The van der Waals surface area contributed by atoms with E-state index in [0.29, 0.717) is 11.3 Å². The van der Waals surface area contributed by atoms with E-state index in [9.17, 15) is 4.79 Å². The number of carbonyl (C=O) groups excluding carboxylic acids is 1. The highest BCUT2D eigenvalue weighted by Crippen LogP contribution is 2.20. The van der Waals surface area contributed by atoms with Crippen LogP contribution in [0.2, 0.25) is 0 Å². The summed E-state index contributed by atoms with van der Waals surface area (Å²) in [6.45, 7) is 5.33. The third-order valence-corrected chi connectivity index (χ3v) is 5.32. The molecule has 0 spiro atoms. The maximum absolute atomic E-state index is 12.6. The Kier molecular flexibility index (Phi) is 5.67. The van der Waals surface area contributed by atoms with Crippen LogP contribution in [0.5, 0.6) is 0 Å². The van der Waals surface area contributed by atoms with E-state index in [1.165, 1.54) is 50.5 Å². The molecule has 1 N–H and O–H groups in total. The summed E-state index contributed by atoms with van der Waals surface area (Å²) in [5.41, 5.74) is 3.84. The van der Waals surface area contributed by atoms with Gasteiger partial charge in [0, 0.05) is 18.4 Å². The molecule has 0 bridgehead atoms. The molecule has 6 heteroatoms. The number of hydrogen-bond donors (Lipinski definition) is 1. The van der Waals surface area contributed by atoms with Gasteiger partial charge in [-0.2, -0.15) is 0 Å². The Morgan fingerprint density at radius 3 is 2.61 bits per heavy atom. The third kappa shape index (κ3) is 4.22. The Bertz CT molecular complexity index is 941. The van der Waals surface area contributed by atoms with Gasteiger partial charge in [-0.15, -0.1) is 0 Å². The van der Waals surface area contributed by atoms with Crippen molar-refractivity contribution in [1.82, 2.24) is 15.0 Å². The van der Waals surface area contributed by atoms with E-state index in [0.717, 1.165) is 29.7 Å². The SMILES string of the molecule is CCc1noc2ncc(C(=O)Nc3ccc(CN4CCCCCC4)cc3)cc12. The minimum atomic E-state index is -0.182. The zero-order valence-electron chi connectivity index (χ0n) is 16.3. The van der Waals surface area contributed by atoms with E-state index in [-0.39, 0.29) is 5.91 Å². The minimum Gasteiger partial charge on any atom is -0.336 e. The van der Waals surface area contributed by atoms with Gasteiger partial charge in [-0.05, 0) is 56.1 Å². The number of rotatable bonds is 5. The molecular weight excluding hydrogens is 352 g/mol. The molecule has 146 valence electrons. The number of anilines is 1. The first kappa shape index (κ1) is 18.6. The van der Waals surface area contributed by atoms with Crippen LogP contribution in [0, 0.1) is 0 Å². The van der Waals surface area contributed by atoms with Crippen molar-refractivity contribution >= 4 is 22.7 Å². The van der Waals surface area contributed by atoms with Crippen LogP contribution < -0.4 is 5.32 Å². The average molecular weight is 378 g/mol. The van der Waals surface area contributed by atoms with E-state index in [2.05, 4.69) is 32.5 Å². The second-order valence-electron chi connectivity index (χ2n) is 7.40. The van der Waals surface area contributed by atoms with E-state index in [4.69, 9.17) is 4.52 Å². The van der Waals surface area contributed by atoms with Crippen molar-refractivity contribution in [2.24, 2.45) is 0 Å². The number of carbonyl (C=O) groups is 1. The van der Waals surface area contributed by atoms with Gasteiger partial charge in [0.2, 0.25) is 0 Å². The molecule has 0 atom stereocenters. The van der Waals surface area contributed by atoms with Crippen molar-refractivity contribution < 1.29 is 9.32 Å². The first-order valence-corrected chi connectivity index (χ1v) is 10.1. The normalized spacial score (nSPS) is 15.5. The van der Waals surface area contributed by atoms with Gasteiger partial charge < -0.3 is 9.84 Å². The molecule has 2 aromatic heterocycles. The second kappa shape index (κ2) is 8.52. The fourth-order valence-electron chi connectivity index (χ4n) is 3.71. The number of nitrogens with zero attached hydrogens (tertiary/aromatic N) is 3. The molecule has 28 heavy (non-hydrogen) atoms. The molecule has 1 fully saturated rings. The monoisotopic (exact) mass is 378 g/mol. The van der Waals surface area contributed by atoms with Gasteiger partial charge in [-0.1, -0.05) is 37.1 Å². The highest BCUT2D eigenvalue weighted by molar-refractivity contribution is 6.05. The summed E-state index contributed by atoms with van der Waals surface area (Å²) in [6, 6.07) is 9.91. The Balaban J connectivity index is 1.41. The zero-order chi connectivity index (χ0) is 19.3. The van der Waals surface area contributed by atoms with Crippen molar-refractivity contribution in [3.05, 3.63) is 53.3 Å². The molecule has 0 radical (unpaired) electrons. The maximum Gasteiger partial charge on any atom is 0.257 e. The number of fused-ring (bicyclic) bond motifs is 1. The van der Waals surface area contributed by atoms with Gasteiger partial charge in [0.25, 0.3) is 11.6 Å². The summed E-state index contributed by atoms with van der Waals surface area (Å²) in [5.74, 6) is -0.182. The van der Waals surface area contributed by atoms with Crippen molar-refractivity contribution in [2.75, 3.05) is 18.4 Å².